The zero-order valence-electron chi connectivity index (χ0n) is 8.33. The van der Waals surface area contributed by atoms with Crippen LogP contribution in [0.5, 0.6) is 5.75 Å². The van der Waals surface area contributed by atoms with E-state index < -0.39 is 0 Å². The third-order valence-corrected chi connectivity index (χ3v) is 2.26. The Morgan fingerprint density at radius 2 is 2.29 bits per heavy atom. The zero-order chi connectivity index (χ0) is 10.1. The number of nitrogens with one attached hydrogen (secondary N) is 1. The molecule has 0 aromatic heterocycles. The highest BCUT2D eigenvalue weighted by Crippen LogP contribution is 2.22. The molecule has 1 amide bonds. The van der Waals surface area contributed by atoms with Crippen LogP contribution in [-0.4, -0.2) is 18.6 Å². The van der Waals surface area contributed by atoms with Crippen LogP contribution < -0.4 is 10.1 Å². The molecule has 0 fully saturated rings. The summed E-state index contributed by atoms with van der Waals surface area (Å²) >= 11 is 0. The van der Waals surface area contributed by atoms with Gasteiger partial charge in [0.15, 0.2) is 0 Å². The van der Waals surface area contributed by atoms with Crippen molar-refractivity contribution in [1.82, 2.24) is 5.32 Å². The summed E-state index contributed by atoms with van der Waals surface area (Å²) in [5.41, 5.74) is 1.70. The van der Waals surface area contributed by atoms with Gasteiger partial charge in [-0.05, 0) is 26.0 Å². The molecule has 1 heterocycles. The number of rotatable bonds is 0. The average Bonchev–Trinajstić information content (AvgIpc) is 2.29. The third-order valence-electron chi connectivity index (χ3n) is 2.26. The van der Waals surface area contributed by atoms with Gasteiger partial charge >= 0.3 is 0 Å². The summed E-state index contributed by atoms with van der Waals surface area (Å²) in [7, 11) is 0. The van der Waals surface area contributed by atoms with Gasteiger partial charge in [-0.1, -0.05) is 11.6 Å². The van der Waals surface area contributed by atoms with E-state index in [1.807, 2.05) is 32.0 Å². The second-order valence-electron chi connectivity index (χ2n) is 3.64. The van der Waals surface area contributed by atoms with Crippen LogP contribution in [0, 0.1) is 6.92 Å². The van der Waals surface area contributed by atoms with Crippen molar-refractivity contribution in [1.29, 1.82) is 0 Å². The number of aryl methyl sites for hydroxylation is 1. The zero-order valence-corrected chi connectivity index (χ0v) is 8.33. The molecule has 1 aliphatic heterocycles. The molecule has 0 aliphatic carbocycles. The van der Waals surface area contributed by atoms with Crippen molar-refractivity contribution in [2.24, 2.45) is 0 Å². The lowest BCUT2D eigenvalue weighted by Gasteiger charge is -2.11. The molecule has 0 unspecified atom stereocenters. The monoisotopic (exact) mass is 191 g/mol. The first-order valence-corrected chi connectivity index (χ1v) is 4.72. The van der Waals surface area contributed by atoms with Gasteiger partial charge in [0.2, 0.25) is 0 Å². The van der Waals surface area contributed by atoms with E-state index in [-0.39, 0.29) is 12.0 Å². The minimum atomic E-state index is -0.0481. The largest absolute Gasteiger partial charge is 0.488 e. The van der Waals surface area contributed by atoms with Crippen LogP contribution in [0.25, 0.3) is 0 Å². The lowest BCUT2D eigenvalue weighted by molar-refractivity contribution is 0.0952. The standard InChI is InChI=1S/C11H13NO2/c1-7-3-4-10-9(5-7)11(13)12-6-8(2)14-10/h3-5,8H,6H2,1-2H3,(H,12,13)/t8-/m0/s1. The van der Waals surface area contributed by atoms with E-state index in [4.69, 9.17) is 4.74 Å². The van der Waals surface area contributed by atoms with Gasteiger partial charge in [0.05, 0.1) is 12.1 Å². The van der Waals surface area contributed by atoms with Gasteiger partial charge in [0, 0.05) is 0 Å². The molecule has 3 nitrogen and oxygen atoms in total. The van der Waals surface area contributed by atoms with E-state index in [0.29, 0.717) is 17.9 Å². The first kappa shape index (κ1) is 9.06. The fourth-order valence-corrected chi connectivity index (χ4v) is 1.51. The summed E-state index contributed by atoms with van der Waals surface area (Å²) in [6, 6.07) is 5.65. The molecule has 74 valence electrons. The maximum atomic E-state index is 11.6. The van der Waals surface area contributed by atoms with Crippen molar-refractivity contribution in [3.05, 3.63) is 29.3 Å². The van der Waals surface area contributed by atoms with Crippen molar-refractivity contribution < 1.29 is 9.53 Å². The van der Waals surface area contributed by atoms with Crippen LogP contribution in [-0.2, 0) is 0 Å². The smallest absolute Gasteiger partial charge is 0.255 e. The Morgan fingerprint density at radius 1 is 1.50 bits per heavy atom. The quantitative estimate of drug-likeness (QED) is 0.675. The summed E-state index contributed by atoms with van der Waals surface area (Å²) in [6.07, 6.45) is 0.0305. The lowest BCUT2D eigenvalue weighted by atomic mass is 10.1. The Balaban J connectivity index is 2.47. The van der Waals surface area contributed by atoms with Crippen molar-refractivity contribution in [3.63, 3.8) is 0 Å². The first-order chi connectivity index (χ1) is 6.66. The summed E-state index contributed by atoms with van der Waals surface area (Å²) in [5.74, 6) is 0.631. The molecule has 14 heavy (non-hydrogen) atoms. The predicted molar refractivity (Wildman–Crippen MR) is 53.6 cm³/mol. The van der Waals surface area contributed by atoms with E-state index in [2.05, 4.69) is 5.32 Å². The van der Waals surface area contributed by atoms with E-state index in [1.54, 1.807) is 0 Å². The van der Waals surface area contributed by atoms with Gasteiger partial charge in [-0.3, -0.25) is 4.79 Å². The maximum absolute atomic E-state index is 11.6. The van der Waals surface area contributed by atoms with Crippen LogP contribution in [0.2, 0.25) is 0 Å². The van der Waals surface area contributed by atoms with Crippen molar-refractivity contribution >= 4 is 5.91 Å². The lowest BCUT2D eigenvalue weighted by Crippen LogP contribution is -2.29. The number of ether oxygens (including phenoxy) is 1. The minimum absolute atomic E-state index is 0.0305. The van der Waals surface area contributed by atoms with E-state index >= 15 is 0 Å². The van der Waals surface area contributed by atoms with Gasteiger partial charge in [0.1, 0.15) is 11.9 Å². The minimum Gasteiger partial charge on any atom is -0.488 e. The summed E-state index contributed by atoms with van der Waals surface area (Å²) in [5, 5.41) is 2.81. The maximum Gasteiger partial charge on any atom is 0.255 e. The summed E-state index contributed by atoms with van der Waals surface area (Å²) in [4.78, 5) is 11.6. The average molecular weight is 191 g/mol. The van der Waals surface area contributed by atoms with Gasteiger partial charge in [0.25, 0.3) is 5.91 Å². The van der Waals surface area contributed by atoms with Crippen LogP contribution in [0.15, 0.2) is 18.2 Å². The van der Waals surface area contributed by atoms with Crippen molar-refractivity contribution in [2.45, 2.75) is 20.0 Å². The van der Waals surface area contributed by atoms with Gasteiger partial charge in [-0.2, -0.15) is 0 Å². The van der Waals surface area contributed by atoms with Crippen LogP contribution in [0.3, 0.4) is 0 Å². The summed E-state index contributed by atoms with van der Waals surface area (Å²) in [6.45, 7) is 4.46. The highest BCUT2D eigenvalue weighted by atomic mass is 16.5. The number of carbonyl (C=O) groups excluding carboxylic acids is 1. The molecule has 0 radical (unpaired) electrons. The number of amides is 1. The molecule has 0 saturated heterocycles. The number of benzene rings is 1. The number of carbonyl (C=O) groups is 1. The first-order valence-electron chi connectivity index (χ1n) is 4.72. The van der Waals surface area contributed by atoms with Crippen molar-refractivity contribution in [2.75, 3.05) is 6.54 Å². The van der Waals surface area contributed by atoms with Crippen molar-refractivity contribution in [3.8, 4) is 5.75 Å². The van der Waals surface area contributed by atoms with Gasteiger partial charge in [-0.25, -0.2) is 0 Å². The Morgan fingerprint density at radius 3 is 3.07 bits per heavy atom. The van der Waals surface area contributed by atoms with E-state index in [0.717, 1.165) is 5.56 Å². The molecule has 0 bridgehead atoms. The van der Waals surface area contributed by atoms with Gasteiger partial charge in [-0.15, -0.1) is 0 Å². The topological polar surface area (TPSA) is 38.3 Å². The summed E-state index contributed by atoms with van der Waals surface area (Å²) < 4.78 is 5.60. The number of hydrogen-bond acceptors (Lipinski definition) is 2. The predicted octanol–water partition coefficient (Wildman–Crippen LogP) is 1.51. The fraction of sp³-hybridized carbons (Fsp3) is 0.364. The Hall–Kier alpha value is -1.51. The van der Waals surface area contributed by atoms with Gasteiger partial charge < -0.3 is 10.1 Å². The second kappa shape index (κ2) is 3.33. The van der Waals surface area contributed by atoms with E-state index in [1.165, 1.54) is 0 Å². The van der Waals surface area contributed by atoms with Crippen LogP contribution in [0.4, 0.5) is 0 Å². The molecule has 1 aromatic carbocycles. The molecule has 2 rings (SSSR count). The Labute approximate surface area is 83.1 Å². The Kier molecular flexibility index (Phi) is 2.15. The third kappa shape index (κ3) is 1.58. The molecular weight excluding hydrogens is 178 g/mol. The van der Waals surface area contributed by atoms with Crippen LogP contribution in [0.1, 0.15) is 22.8 Å². The van der Waals surface area contributed by atoms with Crippen LogP contribution >= 0.6 is 0 Å². The molecule has 1 aromatic rings. The molecule has 0 saturated carbocycles. The second-order valence-corrected chi connectivity index (χ2v) is 3.64. The molecule has 0 spiro atoms. The van der Waals surface area contributed by atoms with E-state index in [9.17, 15) is 4.79 Å². The Bertz CT molecular complexity index is 374. The highest BCUT2D eigenvalue weighted by molar-refractivity contribution is 5.97. The SMILES string of the molecule is Cc1ccc2c(c1)C(=O)NC[C@H](C)O2. The molecular formula is C11H13NO2. The normalized spacial score (nSPS) is 20.4. The molecule has 1 atom stereocenters. The molecule has 3 heteroatoms. The number of fused-ring (bicyclic) bond motifs is 1. The fourth-order valence-electron chi connectivity index (χ4n) is 1.51. The number of hydrogen-bond donors (Lipinski definition) is 1. The molecule has 1 N–H and O–H groups in total. The highest BCUT2D eigenvalue weighted by Gasteiger charge is 2.19. The molecule has 1 aliphatic rings.